The molecule has 5 nitrogen and oxygen atoms in total. The van der Waals surface area contributed by atoms with E-state index in [4.69, 9.17) is 0 Å². The van der Waals surface area contributed by atoms with Crippen molar-refractivity contribution in [2.75, 3.05) is 25.1 Å². The highest BCUT2D eigenvalue weighted by Gasteiger charge is 2.19. The van der Waals surface area contributed by atoms with Crippen LogP contribution in [-0.4, -0.2) is 46.2 Å². The lowest BCUT2D eigenvalue weighted by Gasteiger charge is -2.24. The first-order chi connectivity index (χ1) is 11.1. The maximum absolute atomic E-state index is 12.2. The summed E-state index contributed by atoms with van der Waals surface area (Å²) in [5, 5.41) is 10.3. The molecule has 1 atom stereocenters. The van der Waals surface area contributed by atoms with Crippen molar-refractivity contribution in [3.8, 4) is 11.3 Å². The molecule has 1 aromatic heterocycles. The van der Waals surface area contributed by atoms with Gasteiger partial charge < -0.3 is 10.2 Å². The van der Waals surface area contributed by atoms with Gasteiger partial charge in [-0.1, -0.05) is 37.3 Å². The minimum Gasteiger partial charge on any atom is -0.337 e. The van der Waals surface area contributed by atoms with Gasteiger partial charge in [-0.25, -0.2) is 4.79 Å². The number of amides is 2. The second-order valence-corrected chi connectivity index (χ2v) is 6.68. The molecule has 0 aliphatic carbocycles. The number of rotatable bonds is 7. The molecule has 23 heavy (non-hydrogen) atoms. The number of nitrogens with one attached hydrogen (secondary N) is 2. The van der Waals surface area contributed by atoms with E-state index in [9.17, 15) is 4.79 Å². The van der Waals surface area contributed by atoms with Crippen molar-refractivity contribution in [1.82, 2.24) is 20.4 Å². The Morgan fingerprint density at radius 1 is 1.39 bits per heavy atom. The number of carbonyl (C=O) groups is 1. The Bertz CT molecular complexity index is 614. The van der Waals surface area contributed by atoms with Crippen molar-refractivity contribution >= 4 is 17.8 Å². The Labute approximate surface area is 141 Å². The molecule has 0 spiro atoms. The van der Waals surface area contributed by atoms with Crippen LogP contribution in [0.3, 0.4) is 0 Å². The first-order valence-electron chi connectivity index (χ1n) is 7.82. The second-order valence-electron chi connectivity index (χ2n) is 5.29. The molecule has 0 bridgehead atoms. The average Bonchev–Trinajstić information content (AvgIpc) is 3.08. The molecule has 2 N–H and O–H groups in total. The van der Waals surface area contributed by atoms with E-state index >= 15 is 0 Å². The molecule has 1 unspecified atom stereocenters. The second kappa shape index (κ2) is 8.62. The van der Waals surface area contributed by atoms with Gasteiger partial charge in [0.2, 0.25) is 0 Å². The summed E-state index contributed by atoms with van der Waals surface area (Å²) in [6, 6.07) is 11.9. The van der Waals surface area contributed by atoms with Crippen LogP contribution in [0.4, 0.5) is 4.79 Å². The zero-order chi connectivity index (χ0) is 16.7. The number of aromatic nitrogens is 2. The fourth-order valence-electron chi connectivity index (χ4n) is 2.19. The maximum Gasteiger partial charge on any atom is 0.317 e. The zero-order valence-electron chi connectivity index (χ0n) is 13.9. The van der Waals surface area contributed by atoms with Crippen molar-refractivity contribution < 1.29 is 4.79 Å². The van der Waals surface area contributed by atoms with Crippen molar-refractivity contribution in [1.29, 1.82) is 0 Å². The first kappa shape index (κ1) is 17.4. The molecule has 124 valence electrons. The Balaban J connectivity index is 1.96. The number of hydrogen-bond acceptors (Lipinski definition) is 3. The van der Waals surface area contributed by atoms with Crippen molar-refractivity contribution in [2.24, 2.45) is 0 Å². The average molecular weight is 332 g/mol. The fraction of sp³-hybridized carbons (Fsp3) is 0.412. The van der Waals surface area contributed by atoms with Crippen LogP contribution in [0.25, 0.3) is 11.3 Å². The third-order valence-corrected chi connectivity index (χ3v) is 4.65. The summed E-state index contributed by atoms with van der Waals surface area (Å²) in [6.07, 6.45) is 0. The lowest BCUT2D eigenvalue weighted by molar-refractivity contribution is 0.194. The number of thioether (sulfide) groups is 1. The number of hydrogen-bond donors (Lipinski definition) is 2. The summed E-state index contributed by atoms with van der Waals surface area (Å²) >= 11 is 1.82. The number of H-pyrrole nitrogens is 1. The molecule has 6 heteroatoms. The lowest BCUT2D eigenvalue weighted by Crippen LogP contribution is -2.39. The van der Waals surface area contributed by atoms with Crippen molar-refractivity contribution in [3.63, 3.8) is 0 Å². The van der Waals surface area contributed by atoms with E-state index in [0.717, 1.165) is 28.5 Å². The van der Waals surface area contributed by atoms with Crippen LogP contribution in [0, 0.1) is 0 Å². The fourth-order valence-corrected chi connectivity index (χ4v) is 2.73. The van der Waals surface area contributed by atoms with Gasteiger partial charge in [-0.15, -0.1) is 0 Å². The molecular formula is C17H24N4OS. The highest BCUT2D eigenvalue weighted by atomic mass is 32.2. The lowest BCUT2D eigenvalue weighted by atomic mass is 10.1. The largest absolute Gasteiger partial charge is 0.337 e. The topological polar surface area (TPSA) is 61.0 Å². The standard InChI is InChI=1S/C17H24N4OS/c1-4-23-11-10-18-17(22)21(3)13(2)15-12-16(20-19-15)14-8-6-5-7-9-14/h5-9,12-13H,4,10-11H2,1-3H3,(H,18,22)(H,19,20). The smallest absolute Gasteiger partial charge is 0.317 e. The third kappa shape index (κ3) is 4.76. The highest BCUT2D eigenvalue weighted by molar-refractivity contribution is 7.99. The van der Waals surface area contributed by atoms with Gasteiger partial charge in [0.1, 0.15) is 0 Å². The summed E-state index contributed by atoms with van der Waals surface area (Å²) in [7, 11) is 1.80. The van der Waals surface area contributed by atoms with Crippen LogP contribution in [-0.2, 0) is 0 Å². The zero-order valence-corrected chi connectivity index (χ0v) is 14.7. The van der Waals surface area contributed by atoms with E-state index in [1.807, 2.05) is 55.1 Å². The first-order valence-corrected chi connectivity index (χ1v) is 8.98. The molecule has 2 amide bonds. The SMILES string of the molecule is CCSCCNC(=O)N(C)C(C)c1cc(-c2ccccc2)n[nH]1. The van der Waals surface area contributed by atoms with Crippen LogP contribution < -0.4 is 5.32 Å². The third-order valence-electron chi connectivity index (χ3n) is 3.75. The Morgan fingerprint density at radius 2 is 2.13 bits per heavy atom. The van der Waals surface area contributed by atoms with Crippen LogP contribution in [0.5, 0.6) is 0 Å². The van der Waals surface area contributed by atoms with E-state index in [1.54, 1.807) is 11.9 Å². The molecule has 2 aromatic rings. The van der Waals surface area contributed by atoms with E-state index in [0.29, 0.717) is 6.54 Å². The minimum absolute atomic E-state index is 0.0648. The minimum atomic E-state index is -0.0706. The summed E-state index contributed by atoms with van der Waals surface area (Å²) in [5.41, 5.74) is 2.87. The quantitative estimate of drug-likeness (QED) is 0.763. The van der Waals surface area contributed by atoms with E-state index in [1.165, 1.54) is 0 Å². The highest BCUT2D eigenvalue weighted by Crippen LogP contribution is 2.22. The number of carbonyl (C=O) groups excluding carboxylic acids is 1. The van der Waals surface area contributed by atoms with Gasteiger partial charge in [0.15, 0.2) is 0 Å². The van der Waals surface area contributed by atoms with Crippen molar-refractivity contribution in [2.45, 2.75) is 19.9 Å². The number of nitrogens with zero attached hydrogens (tertiary/aromatic N) is 2. The van der Waals surface area contributed by atoms with Crippen LogP contribution in [0.1, 0.15) is 25.6 Å². The molecule has 1 aromatic carbocycles. The van der Waals surface area contributed by atoms with Gasteiger partial charge in [0, 0.05) is 24.9 Å². The Hall–Kier alpha value is -1.95. The van der Waals surface area contributed by atoms with Gasteiger partial charge in [-0.3, -0.25) is 5.10 Å². The van der Waals surface area contributed by atoms with Gasteiger partial charge in [0.25, 0.3) is 0 Å². The van der Waals surface area contributed by atoms with Gasteiger partial charge in [-0.05, 0) is 18.7 Å². The summed E-state index contributed by atoms with van der Waals surface area (Å²) in [5.74, 6) is 2.01. The predicted molar refractivity (Wildman–Crippen MR) is 96.6 cm³/mol. The molecule has 1 heterocycles. The molecule has 0 fully saturated rings. The number of benzene rings is 1. The van der Waals surface area contributed by atoms with Crippen LogP contribution in [0.2, 0.25) is 0 Å². The summed E-state index contributed by atoms with van der Waals surface area (Å²) in [6.45, 7) is 4.79. The molecule has 0 saturated heterocycles. The van der Waals surface area contributed by atoms with Crippen LogP contribution >= 0.6 is 11.8 Å². The molecular weight excluding hydrogens is 308 g/mol. The van der Waals surface area contributed by atoms with E-state index < -0.39 is 0 Å². The van der Waals surface area contributed by atoms with E-state index in [2.05, 4.69) is 22.4 Å². The predicted octanol–water partition coefficient (Wildman–Crippen LogP) is 3.53. The molecule has 0 aliphatic rings. The molecule has 0 radical (unpaired) electrons. The normalized spacial score (nSPS) is 12.0. The van der Waals surface area contributed by atoms with E-state index in [-0.39, 0.29) is 12.1 Å². The van der Waals surface area contributed by atoms with Gasteiger partial charge >= 0.3 is 6.03 Å². The Kier molecular flexibility index (Phi) is 6.52. The van der Waals surface area contributed by atoms with Crippen molar-refractivity contribution in [3.05, 3.63) is 42.1 Å². The van der Waals surface area contributed by atoms with Gasteiger partial charge in [0.05, 0.1) is 17.4 Å². The van der Waals surface area contributed by atoms with Crippen LogP contribution in [0.15, 0.2) is 36.4 Å². The number of aromatic amines is 1. The number of urea groups is 1. The molecule has 0 saturated carbocycles. The van der Waals surface area contributed by atoms with Gasteiger partial charge in [-0.2, -0.15) is 16.9 Å². The molecule has 2 rings (SSSR count). The maximum atomic E-state index is 12.2. The summed E-state index contributed by atoms with van der Waals surface area (Å²) < 4.78 is 0. The Morgan fingerprint density at radius 3 is 2.83 bits per heavy atom. The molecule has 0 aliphatic heterocycles. The monoisotopic (exact) mass is 332 g/mol. The summed E-state index contributed by atoms with van der Waals surface area (Å²) in [4.78, 5) is 13.9.